The zero-order chi connectivity index (χ0) is 12.2. The first-order chi connectivity index (χ1) is 7.22. The van der Waals surface area contributed by atoms with E-state index < -0.39 is 0 Å². The van der Waals surface area contributed by atoms with E-state index in [9.17, 15) is 9.90 Å². The van der Waals surface area contributed by atoms with Crippen LogP contribution in [0.5, 0.6) is 0 Å². The number of aliphatic hydroxyl groups excluding tert-OH is 1. The quantitative estimate of drug-likeness (QED) is 0.575. The molecule has 0 amide bonds. The number of epoxide rings is 1. The maximum absolute atomic E-state index is 11.0. The number of ether oxygens (including phenoxy) is 1. The molecular formula is C13H20O3. The Balaban J connectivity index is 2.31. The normalized spacial score (nSPS) is 45.4. The number of rotatable bonds is 2. The highest BCUT2D eigenvalue weighted by molar-refractivity contribution is 5.87. The molecule has 1 saturated heterocycles. The largest absolute Gasteiger partial charge is 0.393 e. The van der Waals surface area contributed by atoms with E-state index in [1.54, 1.807) is 6.08 Å². The Hall–Kier alpha value is -0.670. The summed E-state index contributed by atoms with van der Waals surface area (Å²) in [5.74, 6) is 0.0362. The first-order valence-electron chi connectivity index (χ1n) is 5.80. The van der Waals surface area contributed by atoms with Crippen LogP contribution >= 0.6 is 0 Å². The Kier molecular flexibility index (Phi) is 2.34. The fourth-order valence-electron chi connectivity index (χ4n) is 3.31. The SMILES string of the molecule is CC(=O)/C=C/[C@]12O[C@@]1(C)C[C@@H](O)CC2(C)C. The van der Waals surface area contributed by atoms with Gasteiger partial charge in [-0.15, -0.1) is 0 Å². The van der Waals surface area contributed by atoms with E-state index in [1.165, 1.54) is 6.92 Å². The molecule has 16 heavy (non-hydrogen) atoms. The monoisotopic (exact) mass is 224 g/mol. The van der Waals surface area contributed by atoms with Gasteiger partial charge in [-0.05, 0) is 32.4 Å². The van der Waals surface area contributed by atoms with Gasteiger partial charge in [0.2, 0.25) is 0 Å². The summed E-state index contributed by atoms with van der Waals surface area (Å²) < 4.78 is 5.89. The molecule has 0 aromatic heterocycles. The predicted octanol–water partition coefficient (Wildman–Crippen LogP) is 1.84. The molecule has 2 aliphatic rings. The lowest BCUT2D eigenvalue weighted by Crippen LogP contribution is -2.46. The molecule has 1 aliphatic carbocycles. The predicted molar refractivity (Wildman–Crippen MR) is 61.1 cm³/mol. The summed E-state index contributed by atoms with van der Waals surface area (Å²) >= 11 is 0. The summed E-state index contributed by atoms with van der Waals surface area (Å²) in [6, 6.07) is 0. The van der Waals surface area contributed by atoms with E-state index in [4.69, 9.17) is 4.74 Å². The molecule has 1 aliphatic heterocycles. The number of ketones is 1. The fourth-order valence-corrected chi connectivity index (χ4v) is 3.31. The maximum atomic E-state index is 11.0. The van der Waals surface area contributed by atoms with Crippen LogP contribution in [0.25, 0.3) is 0 Å². The third-order valence-corrected chi connectivity index (χ3v) is 4.06. The Morgan fingerprint density at radius 1 is 1.38 bits per heavy atom. The van der Waals surface area contributed by atoms with E-state index in [-0.39, 0.29) is 28.5 Å². The van der Waals surface area contributed by atoms with Gasteiger partial charge >= 0.3 is 0 Å². The van der Waals surface area contributed by atoms with Crippen molar-refractivity contribution < 1.29 is 14.6 Å². The molecule has 3 atom stereocenters. The van der Waals surface area contributed by atoms with Crippen molar-refractivity contribution in [1.29, 1.82) is 0 Å². The summed E-state index contributed by atoms with van der Waals surface area (Å²) in [6.45, 7) is 7.73. The lowest BCUT2D eigenvalue weighted by molar-refractivity contribution is -0.112. The number of carbonyl (C=O) groups is 1. The average Bonchev–Trinajstić information content (AvgIpc) is 2.67. The van der Waals surface area contributed by atoms with E-state index in [2.05, 4.69) is 13.8 Å². The minimum atomic E-state index is -0.370. The van der Waals surface area contributed by atoms with E-state index in [0.717, 1.165) is 0 Å². The first kappa shape index (κ1) is 11.8. The lowest BCUT2D eigenvalue weighted by atomic mass is 9.63. The molecule has 3 heteroatoms. The minimum Gasteiger partial charge on any atom is -0.393 e. The molecule has 2 fully saturated rings. The van der Waals surface area contributed by atoms with Crippen molar-refractivity contribution in [3.63, 3.8) is 0 Å². The van der Waals surface area contributed by atoms with Crippen molar-refractivity contribution in [3.8, 4) is 0 Å². The smallest absolute Gasteiger partial charge is 0.152 e. The van der Waals surface area contributed by atoms with Crippen molar-refractivity contribution in [3.05, 3.63) is 12.2 Å². The third kappa shape index (κ3) is 1.45. The molecule has 0 aromatic carbocycles. The van der Waals surface area contributed by atoms with Gasteiger partial charge in [0.25, 0.3) is 0 Å². The Morgan fingerprint density at radius 3 is 2.50 bits per heavy atom. The van der Waals surface area contributed by atoms with Crippen molar-refractivity contribution in [2.45, 2.75) is 57.8 Å². The molecule has 90 valence electrons. The number of allylic oxidation sites excluding steroid dienone is 1. The van der Waals surface area contributed by atoms with Crippen LogP contribution in [0.2, 0.25) is 0 Å². The molecule has 0 spiro atoms. The molecule has 1 heterocycles. The Morgan fingerprint density at radius 2 is 2.00 bits per heavy atom. The van der Waals surface area contributed by atoms with Crippen LogP contribution in [0.1, 0.15) is 40.5 Å². The number of fused-ring (bicyclic) bond motifs is 1. The van der Waals surface area contributed by atoms with Gasteiger partial charge in [-0.1, -0.05) is 13.8 Å². The summed E-state index contributed by atoms with van der Waals surface area (Å²) in [7, 11) is 0. The van der Waals surface area contributed by atoms with Gasteiger partial charge in [0.05, 0.1) is 6.10 Å². The molecule has 2 rings (SSSR count). The summed E-state index contributed by atoms with van der Waals surface area (Å²) in [5, 5.41) is 9.83. The molecule has 0 radical (unpaired) electrons. The Bertz CT molecular complexity index is 358. The van der Waals surface area contributed by atoms with Gasteiger partial charge in [-0.2, -0.15) is 0 Å². The molecule has 1 saturated carbocycles. The zero-order valence-electron chi connectivity index (χ0n) is 10.4. The van der Waals surface area contributed by atoms with Crippen LogP contribution in [0, 0.1) is 5.41 Å². The number of hydrogen-bond acceptors (Lipinski definition) is 3. The van der Waals surface area contributed by atoms with Crippen molar-refractivity contribution in [2.24, 2.45) is 5.41 Å². The lowest BCUT2D eigenvalue weighted by Gasteiger charge is -2.38. The average molecular weight is 224 g/mol. The topological polar surface area (TPSA) is 49.8 Å². The van der Waals surface area contributed by atoms with Crippen LogP contribution in [0.4, 0.5) is 0 Å². The molecule has 1 N–H and O–H groups in total. The molecule has 0 unspecified atom stereocenters. The highest BCUT2D eigenvalue weighted by Crippen LogP contribution is 2.65. The van der Waals surface area contributed by atoms with Gasteiger partial charge < -0.3 is 9.84 Å². The van der Waals surface area contributed by atoms with Crippen LogP contribution < -0.4 is 0 Å². The van der Waals surface area contributed by atoms with E-state index >= 15 is 0 Å². The molecule has 3 nitrogen and oxygen atoms in total. The summed E-state index contributed by atoms with van der Waals surface area (Å²) in [4.78, 5) is 11.0. The number of hydrogen-bond donors (Lipinski definition) is 1. The number of carbonyl (C=O) groups excluding carboxylic acids is 1. The second kappa shape index (κ2) is 3.17. The maximum Gasteiger partial charge on any atom is 0.152 e. The van der Waals surface area contributed by atoms with Gasteiger partial charge in [-0.25, -0.2) is 0 Å². The van der Waals surface area contributed by atoms with Gasteiger partial charge in [0.15, 0.2) is 5.78 Å². The first-order valence-corrected chi connectivity index (χ1v) is 5.80. The van der Waals surface area contributed by atoms with Gasteiger partial charge in [0.1, 0.15) is 11.2 Å². The van der Waals surface area contributed by atoms with Crippen LogP contribution in [-0.2, 0) is 9.53 Å². The fraction of sp³-hybridized carbons (Fsp3) is 0.769. The van der Waals surface area contributed by atoms with Crippen LogP contribution in [0.15, 0.2) is 12.2 Å². The minimum absolute atomic E-state index is 0.0362. The second-order valence-electron chi connectivity index (χ2n) is 5.96. The highest BCUT2D eigenvalue weighted by Gasteiger charge is 2.74. The highest BCUT2D eigenvalue weighted by atomic mass is 16.6. The summed E-state index contributed by atoms with van der Waals surface area (Å²) in [6.07, 6.45) is 4.54. The van der Waals surface area contributed by atoms with Crippen molar-refractivity contribution >= 4 is 5.78 Å². The number of aliphatic hydroxyl groups is 1. The standard InChI is InChI=1S/C13H20O3/c1-9(14)5-6-13-11(2,3)7-10(15)8-12(13,4)16-13/h5-6,10,15H,7-8H2,1-4H3/b6-5+/t10-,12-,13+/m0/s1. The molecular weight excluding hydrogens is 204 g/mol. The van der Waals surface area contributed by atoms with E-state index in [0.29, 0.717) is 12.8 Å². The van der Waals surface area contributed by atoms with Crippen molar-refractivity contribution in [1.82, 2.24) is 0 Å². The Labute approximate surface area is 96.5 Å². The van der Waals surface area contributed by atoms with Crippen LogP contribution in [0.3, 0.4) is 0 Å². The van der Waals surface area contributed by atoms with Gasteiger partial charge in [-0.3, -0.25) is 4.79 Å². The second-order valence-corrected chi connectivity index (χ2v) is 5.96. The van der Waals surface area contributed by atoms with Gasteiger partial charge in [0, 0.05) is 11.8 Å². The third-order valence-electron chi connectivity index (χ3n) is 4.06. The van der Waals surface area contributed by atoms with E-state index in [1.807, 2.05) is 13.0 Å². The zero-order valence-corrected chi connectivity index (χ0v) is 10.4. The van der Waals surface area contributed by atoms with Crippen LogP contribution in [-0.4, -0.2) is 28.2 Å². The molecule has 0 aromatic rings. The summed E-state index contributed by atoms with van der Waals surface area (Å²) in [5.41, 5.74) is -0.809. The van der Waals surface area contributed by atoms with Crippen molar-refractivity contribution in [2.75, 3.05) is 0 Å². The molecule has 0 bridgehead atoms.